The summed E-state index contributed by atoms with van der Waals surface area (Å²) >= 11 is 0. The van der Waals surface area contributed by atoms with E-state index in [4.69, 9.17) is 4.74 Å². The highest BCUT2D eigenvalue weighted by Crippen LogP contribution is 2.23. The number of amides is 1. The highest BCUT2D eigenvalue weighted by Gasteiger charge is 2.20. The van der Waals surface area contributed by atoms with Gasteiger partial charge in [0.15, 0.2) is 23.2 Å². The summed E-state index contributed by atoms with van der Waals surface area (Å²) in [5, 5.41) is 12.5. The Morgan fingerprint density at radius 1 is 1.19 bits per heavy atom. The fraction of sp³-hybridized carbons (Fsp3) is 0.368. The molecule has 0 radical (unpaired) electrons. The molecule has 1 atom stereocenters. The second-order valence-corrected chi connectivity index (χ2v) is 6.08. The number of hydrogen-bond donors (Lipinski definition) is 2. The molecule has 0 aliphatic rings. The van der Waals surface area contributed by atoms with Crippen LogP contribution in [-0.4, -0.2) is 43.2 Å². The number of nitrogens with zero attached hydrogens (tertiary/aromatic N) is 4. The van der Waals surface area contributed by atoms with Crippen molar-refractivity contribution in [3.63, 3.8) is 0 Å². The third kappa shape index (κ3) is 4.12. The lowest BCUT2D eigenvalue weighted by atomic mass is 10.2. The molecule has 142 valence electrons. The van der Waals surface area contributed by atoms with E-state index in [0.717, 1.165) is 12.8 Å². The van der Waals surface area contributed by atoms with Crippen LogP contribution in [0, 0.1) is 0 Å². The van der Waals surface area contributed by atoms with Crippen LogP contribution in [0.3, 0.4) is 0 Å². The van der Waals surface area contributed by atoms with Gasteiger partial charge in [-0.1, -0.05) is 32.0 Å². The number of nitrogens with one attached hydrogen (secondary N) is 1. The van der Waals surface area contributed by atoms with Crippen LogP contribution in [0.25, 0.3) is 11.2 Å². The lowest BCUT2D eigenvalue weighted by molar-refractivity contribution is -0.0805. The first kappa shape index (κ1) is 18.9. The Bertz CT molecular complexity index is 893. The number of carbonyl (C=O) groups is 1. The molecule has 0 aliphatic carbocycles. The number of benzene rings is 1. The van der Waals surface area contributed by atoms with Crippen LogP contribution in [0.5, 0.6) is 0 Å². The van der Waals surface area contributed by atoms with Gasteiger partial charge in [-0.2, -0.15) is 0 Å². The van der Waals surface area contributed by atoms with Gasteiger partial charge in [-0.25, -0.2) is 15.0 Å². The molecule has 0 spiro atoms. The molecule has 0 bridgehead atoms. The number of carbonyl (C=O) groups excluding carboxylic acids is 1. The van der Waals surface area contributed by atoms with Crippen LogP contribution in [0.2, 0.25) is 0 Å². The number of aliphatic hydroxyl groups is 1. The summed E-state index contributed by atoms with van der Waals surface area (Å²) in [5.41, 5.74) is 1.45. The van der Waals surface area contributed by atoms with E-state index in [2.05, 4.69) is 20.3 Å². The number of imidazole rings is 1. The Kier molecular flexibility index (Phi) is 6.10. The predicted octanol–water partition coefficient (Wildman–Crippen LogP) is 2.77. The minimum absolute atomic E-state index is 0.0266. The molecule has 0 fully saturated rings. The molecule has 0 unspecified atom stereocenters. The summed E-state index contributed by atoms with van der Waals surface area (Å²) in [4.78, 5) is 25.1. The lowest BCUT2D eigenvalue weighted by Gasteiger charge is -2.23. The predicted molar refractivity (Wildman–Crippen MR) is 101 cm³/mol. The van der Waals surface area contributed by atoms with E-state index in [1.807, 2.05) is 19.9 Å². The molecule has 0 saturated heterocycles. The van der Waals surface area contributed by atoms with Gasteiger partial charge in [0.25, 0.3) is 5.91 Å². The van der Waals surface area contributed by atoms with Gasteiger partial charge in [-0.05, 0) is 25.0 Å². The molecular weight excluding hydrogens is 346 g/mol. The van der Waals surface area contributed by atoms with Crippen LogP contribution >= 0.6 is 0 Å². The maximum Gasteiger partial charge on any atom is 0.256 e. The number of hydrogen-bond acceptors (Lipinski definition) is 6. The van der Waals surface area contributed by atoms with Crippen molar-refractivity contribution in [2.24, 2.45) is 0 Å². The first-order valence-corrected chi connectivity index (χ1v) is 8.98. The Balaban J connectivity index is 1.89. The summed E-state index contributed by atoms with van der Waals surface area (Å²) in [5.74, 6) is 0.0314. The first-order chi connectivity index (χ1) is 13.2. The first-order valence-electron chi connectivity index (χ1n) is 8.98. The number of anilines is 1. The number of fused-ring (bicyclic) bond motifs is 1. The molecule has 1 amide bonds. The largest absolute Gasteiger partial charge is 0.392 e. The van der Waals surface area contributed by atoms with E-state index in [0.29, 0.717) is 22.5 Å². The van der Waals surface area contributed by atoms with Crippen molar-refractivity contribution in [2.75, 3.05) is 11.9 Å². The second-order valence-electron chi connectivity index (χ2n) is 6.08. The Morgan fingerprint density at radius 3 is 2.59 bits per heavy atom. The molecule has 0 aliphatic heterocycles. The Labute approximate surface area is 157 Å². The van der Waals surface area contributed by atoms with Gasteiger partial charge in [0, 0.05) is 5.56 Å². The van der Waals surface area contributed by atoms with Gasteiger partial charge in [0.2, 0.25) is 0 Å². The molecule has 2 aromatic heterocycles. The van der Waals surface area contributed by atoms with Gasteiger partial charge in [-0.15, -0.1) is 0 Å². The van der Waals surface area contributed by atoms with Crippen molar-refractivity contribution in [2.45, 2.75) is 39.0 Å². The maximum atomic E-state index is 12.4. The standard InChI is InChI=1S/C19H23N5O3/c1-3-14(4-2)27-15(10-25)24-12-22-16-17(20-11-21-18(16)24)23-19(26)13-8-6-5-7-9-13/h5-9,11-12,14-15,25H,3-4,10H2,1-2H3,(H,20,21,23,26)/t15-/m1/s1. The summed E-state index contributed by atoms with van der Waals surface area (Å²) in [7, 11) is 0. The van der Waals surface area contributed by atoms with Crippen LogP contribution in [0.4, 0.5) is 5.82 Å². The van der Waals surface area contributed by atoms with E-state index >= 15 is 0 Å². The zero-order valence-electron chi connectivity index (χ0n) is 15.4. The van der Waals surface area contributed by atoms with Crippen LogP contribution in [-0.2, 0) is 4.74 Å². The maximum absolute atomic E-state index is 12.4. The minimum atomic E-state index is -0.604. The fourth-order valence-electron chi connectivity index (χ4n) is 2.82. The zero-order valence-corrected chi connectivity index (χ0v) is 15.4. The van der Waals surface area contributed by atoms with Crippen LogP contribution in [0.1, 0.15) is 43.3 Å². The molecule has 3 aromatic rings. The summed E-state index contributed by atoms with van der Waals surface area (Å²) in [6.07, 6.45) is 4.00. The van der Waals surface area contributed by atoms with Gasteiger partial charge >= 0.3 is 0 Å². The van der Waals surface area contributed by atoms with Crippen molar-refractivity contribution < 1.29 is 14.6 Å². The lowest BCUT2D eigenvalue weighted by Crippen LogP contribution is -2.23. The number of aromatic nitrogens is 4. The van der Waals surface area contributed by atoms with Crippen LogP contribution in [0.15, 0.2) is 43.0 Å². The molecule has 1 aromatic carbocycles. The van der Waals surface area contributed by atoms with Crippen molar-refractivity contribution in [1.29, 1.82) is 0 Å². The Morgan fingerprint density at radius 2 is 1.93 bits per heavy atom. The summed E-state index contributed by atoms with van der Waals surface area (Å²) < 4.78 is 7.63. The number of ether oxygens (including phenoxy) is 1. The van der Waals surface area contributed by atoms with Crippen molar-refractivity contribution in [3.05, 3.63) is 48.5 Å². The number of aliphatic hydroxyl groups excluding tert-OH is 1. The van der Waals surface area contributed by atoms with E-state index in [1.54, 1.807) is 35.2 Å². The average Bonchev–Trinajstić information content (AvgIpc) is 3.15. The van der Waals surface area contributed by atoms with E-state index in [-0.39, 0.29) is 18.6 Å². The average molecular weight is 369 g/mol. The molecule has 8 heteroatoms. The molecule has 8 nitrogen and oxygen atoms in total. The van der Waals surface area contributed by atoms with Gasteiger partial charge in [-0.3, -0.25) is 9.36 Å². The number of rotatable bonds is 8. The third-order valence-corrected chi connectivity index (χ3v) is 4.35. The van der Waals surface area contributed by atoms with Gasteiger partial charge in [0.05, 0.1) is 19.0 Å². The Hall–Kier alpha value is -2.84. The zero-order chi connectivity index (χ0) is 19.2. The van der Waals surface area contributed by atoms with Gasteiger partial charge < -0.3 is 15.2 Å². The topological polar surface area (TPSA) is 102 Å². The molecule has 27 heavy (non-hydrogen) atoms. The van der Waals surface area contributed by atoms with E-state index in [1.165, 1.54) is 6.33 Å². The van der Waals surface area contributed by atoms with Crippen molar-refractivity contribution in [1.82, 2.24) is 19.5 Å². The smallest absolute Gasteiger partial charge is 0.256 e. The minimum Gasteiger partial charge on any atom is -0.392 e. The fourth-order valence-corrected chi connectivity index (χ4v) is 2.82. The molecule has 2 N–H and O–H groups in total. The quantitative estimate of drug-likeness (QED) is 0.633. The summed E-state index contributed by atoms with van der Waals surface area (Å²) in [6.45, 7) is 3.86. The van der Waals surface area contributed by atoms with E-state index < -0.39 is 6.23 Å². The van der Waals surface area contributed by atoms with E-state index in [9.17, 15) is 9.90 Å². The highest BCUT2D eigenvalue weighted by atomic mass is 16.5. The second kappa shape index (κ2) is 8.70. The third-order valence-electron chi connectivity index (χ3n) is 4.35. The highest BCUT2D eigenvalue weighted by molar-refractivity contribution is 6.06. The normalized spacial score (nSPS) is 12.4. The molecular formula is C19H23N5O3. The van der Waals surface area contributed by atoms with Crippen molar-refractivity contribution in [3.8, 4) is 0 Å². The molecule has 2 heterocycles. The summed E-state index contributed by atoms with van der Waals surface area (Å²) in [6, 6.07) is 8.87. The molecule has 0 saturated carbocycles. The molecule has 3 rings (SSSR count). The van der Waals surface area contributed by atoms with Crippen LogP contribution < -0.4 is 5.32 Å². The van der Waals surface area contributed by atoms with Gasteiger partial charge in [0.1, 0.15) is 6.33 Å². The monoisotopic (exact) mass is 369 g/mol. The SMILES string of the molecule is CCC(CC)O[C@H](CO)n1cnc2c(NC(=O)c3ccccc3)ncnc21. The van der Waals surface area contributed by atoms with Crippen molar-refractivity contribution >= 4 is 22.9 Å².